The molecule has 0 saturated heterocycles. The Labute approximate surface area is 88.5 Å². The molecule has 0 amide bonds. The number of fused-ring (bicyclic) bond motifs is 1. The van der Waals surface area contributed by atoms with Gasteiger partial charge in [-0.2, -0.15) is 0 Å². The molecule has 0 aliphatic rings. The van der Waals surface area contributed by atoms with Gasteiger partial charge in [-0.25, -0.2) is 0 Å². The number of ether oxygens (including phenoxy) is 1. The van der Waals surface area contributed by atoms with E-state index in [4.69, 9.17) is 4.74 Å². The number of hydrogen-bond acceptors (Lipinski definition) is 2. The lowest BCUT2D eigenvalue weighted by molar-refractivity contribution is 0.112. The van der Waals surface area contributed by atoms with Crippen LogP contribution < -0.4 is 4.74 Å². The molecule has 0 N–H and O–H groups in total. The fraction of sp³-hybridized carbons (Fsp3) is 0.154. The Kier molecular flexibility index (Phi) is 2.68. The van der Waals surface area contributed by atoms with Crippen molar-refractivity contribution in [2.24, 2.45) is 0 Å². The van der Waals surface area contributed by atoms with Gasteiger partial charge in [-0.1, -0.05) is 24.3 Å². The van der Waals surface area contributed by atoms with Gasteiger partial charge in [-0.15, -0.1) is 0 Å². The summed E-state index contributed by atoms with van der Waals surface area (Å²) in [6.45, 7) is 2.54. The molecule has 0 fully saturated rings. The first kappa shape index (κ1) is 9.71. The highest BCUT2D eigenvalue weighted by atomic mass is 16.5. The van der Waals surface area contributed by atoms with Gasteiger partial charge in [0.25, 0.3) is 0 Å². The summed E-state index contributed by atoms with van der Waals surface area (Å²) in [6.07, 6.45) is 0.842. The molecule has 0 aliphatic heterocycles. The number of carbonyl (C=O) groups excluding carboxylic acids is 1. The lowest BCUT2D eigenvalue weighted by atomic mass is 10.1. The van der Waals surface area contributed by atoms with E-state index in [9.17, 15) is 4.79 Å². The molecule has 0 spiro atoms. The van der Waals surface area contributed by atoms with E-state index in [0.717, 1.165) is 22.8 Å². The molecule has 0 radical (unpaired) electrons. The molecule has 2 heteroatoms. The van der Waals surface area contributed by atoms with Crippen LogP contribution >= 0.6 is 0 Å². The second kappa shape index (κ2) is 4.13. The molecule has 2 aromatic rings. The van der Waals surface area contributed by atoms with E-state index in [0.29, 0.717) is 12.2 Å². The van der Waals surface area contributed by atoms with Crippen LogP contribution in [0.25, 0.3) is 10.8 Å². The third kappa shape index (κ3) is 1.84. The SMILES string of the molecule is CCOc1cc(C=O)cc2ccccc12. The number of carbonyl (C=O) groups is 1. The zero-order valence-electron chi connectivity index (χ0n) is 8.57. The van der Waals surface area contributed by atoms with Crippen molar-refractivity contribution < 1.29 is 9.53 Å². The maximum Gasteiger partial charge on any atom is 0.150 e. The van der Waals surface area contributed by atoms with Crippen LogP contribution in [-0.2, 0) is 0 Å². The van der Waals surface area contributed by atoms with E-state index in [2.05, 4.69) is 0 Å². The Morgan fingerprint density at radius 3 is 2.80 bits per heavy atom. The lowest BCUT2D eigenvalue weighted by Crippen LogP contribution is -1.94. The van der Waals surface area contributed by atoms with Crippen molar-refractivity contribution in [2.75, 3.05) is 6.61 Å². The molecular formula is C13H12O2. The van der Waals surface area contributed by atoms with Crippen LogP contribution in [0.3, 0.4) is 0 Å². The summed E-state index contributed by atoms with van der Waals surface area (Å²) in [4.78, 5) is 10.8. The third-order valence-corrected chi connectivity index (χ3v) is 2.28. The predicted molar refractivity (Wildman–Crippen MR) is 60.5 cm³/mol. The van der Waals surface area contributed by atoms with Gasteiger partial charge >= 0.3 is 0 Å². The molecule has 2 nitrogen and oxygen atoms in total. The quantitative estimate of drug-likeness (QED) is 0.712. The van der Waals surface area contributed by atoms with Crippen molar-refractivity contribution >= 4 is 17.1 Å². The molecule has 0 atom stereocenters. The van der Waals surface area contributed by atoms with Crippen LogP contribution in [0.5, 0.6) is 5.75 Å². The van der Waals surface area contributed by atoms with E-state index in [1.807, 2.05) is 37.3 Å². The molecule has 0 saturated carbocycles. The molecule has 2 aromatic carbocycles. The number of hydrogen-bond donors (Lipinski definition) is 0. The van der Waals surface area contributed by atoms with Gasteiger partial charge < -0.3 is 4.74 Å². The largest absolute Gasteiger partial charge is 0.493 e. The van der Waals surface area contributed by atoms with E-state index < -0.39 is 0 Å². The van der Waals surface area contributed by atoms with Gasteiger partial charge in [-0.3, -0.25) is 4.79 Å². The minimum Gasteiger partial charge on any atom is -0.493 e. The van der Waals surface area contributed by atoms with Crippen molar-refractivity contribution in [3.8, 4) is 5.75 Å². The molecule has 0 aliphatic carbocycles. The number of benzene rings is 2. The van der Waals surface area contributed by atoms with Crippen molar-refractivity contribution in [3.05, 3.63) is 42.0 Å². The Bertz CT molecular complexity index is 489. The Morgan fingerprint density at radius 2 is 2.07 bits per heavy atom. The molecule has 0 bridgehead atoms. The van der Waals surface area contributed by atoms with E-state index in [-0.39, 0.29) is 0 Å². The molecule has 15 heavy (non-hydrogen) atoms. The van der Waals surface area contributed by atoms with Crippen LogP contribution in [0.15, 0.2) is 36.4 Å². The van der Waals surface area contributed by atoms with Gasteiger partial charge in [-0.05, 0) is 24.4 Å². The Morgan fingerprint density at radius 1 is 1.27 bits per heavy atom. The first-order chi connectivity index (χ1) is 7.35. The van der Waals surface area contributed by atoms with Gasteiger partial charge in [0, 0.05) is 10.9 Å². The topological polar surface area (TPSA) is 26.3 Å². The normalized spacial score (nSPS) is 10.2. The van der Waals surface area contributed by atoms with Crippen LogP contribution in [0.1, 0.15) is 17.3 Å². The van der Waals surface area contributed by atoms with Crippen molar-refractivity contribution in [1.29, 1.82) is 0 Å². The van der Waals surface area contributed by atoms with Crippen LogP contribution in [0, 0.1) is 0 Å². The van der Waals surface area contributed by atoms with E-state index >= 15 is 0 Å². The second-order valence-electron chi connectivity index (χ2n) is 3.29. The zero-order valence-corrected chi connectivity index (χ0v) is 8.57. The van der Waals surface area contributed by atoms with Crippen molar-refractivity contribution in [3.63, 3.8) is 0 Å². The summed E-state index contributed by atoms with van der Waals surface area (Å²) in [5, 5.41) is 2.08. The van der Waals surface area contributed by atoms with Gasteiger partial charge in [0.05, 0.1) is 6.61 Å². The second-order valence-corrected chi connectivity index (χ2v) is 3.29. The van der Waals surface area contributed by atoms with Gasteiger partial charge in [0.1, 0.15) is 12.0 Å². The summed E-state index contributed by atoms with van der Waals surface area (Å²) in [7, 11) is 0. The summed E-state index contributed by atoms with van der Waals surface area (Å²) < 4.78 is 5.50. The number of rotatable bonds is 3. The maximum atomic E-state index is 10.8. The molecule has 0 aromatic heterocycles. The first-order valence-electron chi connectivity index (χ1n) is 4.96. The predicted octanol–water partition coefficient (Wildman–Crippen LogP) is 3.05. The molecule has 76 valence electrons. The van der Waals surface area contributed by atoms with E-state index in [1.165, 1.54) is 0 Å². The first-order valence-corrected chi connectivity index (χ1v) is 4.96. The fourth-order valence-corrected chi connectivity index (χ4v) is 1.64. The fourth-order valence-electron chi connectivity index (χ4n) is 1.64. The Balaban J connectivity index is 2.68. The summed E-state index contributed by atoms with van der Waals surface area (Å²) in [5.74, 6) is 0.776. The average Bonchev–Trinajstić information content (AvgIpc) is 2.29. The average molecular weight is 200 g/mol. The zero-order chi connectivity index (χ0) is 10.7. The van der Waals surface area contributed by atoms with Crippen LogP contribution in [0.4, 0.5) is 0 Å². The molecule has 0 heterocycles. The monoisotopic (exact) mass is 200 g/mol. The van der Waals surface area contributed by atoms with Crippen LogP contribution in [-0.4, -0.2) is 12.9 Å². The third-order valence-electron chi connectivity index (χ3n) is 2.28. The highest BCUT2D eigenvalue weighted by Gasteiger charge is 2.03. The van der Waals surface area contributed by atoms with E-state index in [1.54, 1.807) is 6.07 Å². The lowest BCUT2D eigenvalue weighted by Gasteiger charge is -2.08. The van der Waals surface area contributed by atoms with Gasteiger partial charge in [0.2, 0.25) is 0 Å². The highest BCUT2D eigenvalue weighted by molar-refractivity contribution is 5.93. The minimum atomic E-state index is 0.603. The summed E-state index contributed by atoms with van der Waals surface area (Å²) in [6, 6.07) is 11.5. The standard InChI is InChI=1S/C13H12O2/c1-2-15-13-8-10(9-14)7-11-5-3-4-6-12(11)13/h3-9H,2H2,1H3. The molecular weight excluding hydrogens is 188 g/mol. The highest BCUT2D eigenvalue weighted by Crippen LogP contribution is 2.26. The van der Waals surface area contributed by atoms with Gasteiger partial charge in [0.15, 0.2) is 0 Å². The smallest absolute Gasteiger partial charge is 0.150 e. The van der Waals surface area contributed by atoms with Crippen LogP contribution in [0.2, 0.25) is 0 Å². The van der Waals surface area contributed by atoms with Crippen molar-refractivity contribution in [2.45, 2.75) is 6.92 Å². The number of aldehydes is 1. The summed E-state index contributed by atoms with van der Waals surface area (Å²) >= 11 is 0. The Hall–Kier alpha value is -1.83. The maximum absolute atomic E-state index is 10.8. The minimum absolute atomic E-state index is 0.603. The molecule has 0 unspecified atom stereocenters. The molecule has 2 rings (SSSR count). The van der Waals surface area contributed by atoms with Crippen molar-refractivity contribution in [1.82, 2.24) is 0 Å². The summed E-state index contributed by atoms with van der Waals surface area (Å²) in [5.41, 5.74) is 0.650.